The van der Waals surface area contributed by atoms with Crippen LogP contribution in [0.3, 0.4) is 0 Å². The van der Waals surface area contributed by atoms with Gasteiger partial charge >= 0.3 is 0 Å². The van der Waals surface area contributed by atoms with Gasteiger partial charge in [-0.25, -0.2) is 0 Å². The molecule has 1 aliphatic heterocycles. The van der Waals surface area contributed by atoms with Gasteiger partial charge in [-0.15, -0.1) is 0 Å². The fourth-order valence-corrected chi connectivity index (χ4v) is 5.21. The van der Waals surface area contributed by atoms with Crippen LogP contribution in [0, 0.1) is 11.8 Å². The zero-order valence-electron chi connectivity index (χ0n) is 29.7. The van der Waals surface area contributed by atoms with Gasteiger partial charge < -0.3 is 47.4 Å². The van der Waals surface area contributed by atoms with Crippen LogP contribution in [0.2, 0.25) is 0 Å². The minimum Gasteiger partial charge on any atom is -0.391 e. The average Bonchev–Trinajstić information content (AvgIpc) is 3.05. The second-order valence-corrected chi connectivity index (χ2v) is 13.3. The normalized spacial score (nSPS) is 27.2. The van der Waals surface area contributed by atoms with Gasteiger partial charge in [0.05, 0.1) is 18.8 Å². The number of carbonyl (C=O) groups is 7. The Balaban J connectivity index is 2.59. The highest BCUT2D eigenvalue weighted by atomic mass is 16.3. The van der Waals surface area contributed by atoms with E-state index >= 15 is 0 Å². The van der Waals surface area contributed by atoms with Crippen LogP contribution in [-0.4, -0.2) is 107 Å². The predicted molar refractivity (Wildman–Crippen MR) is 183 cm³/mol. The van der Waals surface area contributed by atoms with Crippen molar-refractivity contribution in [3.05, 3.63) is 35.9 Å². The van der Waals surface area contributed by atoms with E-state index in [1.165, 1.54) is 20.8 Å². The summed E-state index contributed by atoms with van der Waals surface area (Å²) in [5, 5.41) is 38.2. The fraction of sp³-hybridized carbons (Fsp3) is 0.618. The monoisotopic (exact) mass is 703 g/mol. The smallest absolute Gasteiger partial charge is 0.245 e. The van der Waals surface area contributed by atoms with Gasteiger partial charge in [0.15, 0.2) is 0 Å². The summed E-state index contributed by atoms with van der Waals surface area (Å²) in [6.45, 7) is 10.4. The summed E-state index contributed by atoms with van der Waals surface area (Å²) in [5.74, 6) is -6.15. The fourth-order valence-electron chi connectivity index (χ4n) is 5.21. The van der Waals surface area contributed by atoms with Crippen molar-refractivity contribution in [2.45, 2.75) is 116 Å². The molecule has 0 aromatic heterocycles. The molecule has 1 heterocycles. The predicted octanol–water partition coefficient (Wildman–Crippen LogP) is -1.86. The van der Waals surface area contributed by atoms with Gasteiger partial charge in [-0.2, -0.15) is 0 Å². The molecule has 50 heavy (non-hydrogen) atoms. The molecule has 0 radical (unpaired) electrons. The van der Waals surface area contributed by atoms with E-state index in [0.717, 1.165) is 0 Å². The number of carbonyl (C=O) groups excluding carboxylic acids is 7. The van der Waals surface area contributed by atoms with Gasteiger partial charge in [0.25, 0.3) is 0 Å². The lowest BCUT2D eigenvalue weighted by atomic mass is 9.96. The Morgan fingerprint density at radius 3 is 1.72 bits per heavy atom. The van der Waals surface area contributed by atoms with Crippen molar-refractivity contribution in [3.8, 4) is 0 Å². The Bertz CT molecular complexity index is 1360. The summed E-state index contributed by atoms with van der Waals surface area (Å²) in [4.78, 5) is 93.4. The van der Waals surface area contributed by atoms with E-state index in [-0.39, 0.29) is 18.8 Å². The van der Waals surface area contributed by atoms with Crippen LogP contribution in [0.15, 0.2) is 30.3 Å². The average molecular weight is 704 g/mol. The van der Waals surface area contributed by atoms with E-state index in [1.54, 1.807) is 37.3 Å². The van der Waals surface area contributed by atoms with Gasteiger partial charge in [0.1, 0.15) is 36.3 Å². The van der Waals surface area contributed by atoms with Gasteiger partial charge in [-0.05, 0) is 44.6 Å². The maximum Gasteiger partial charge on any atom is 0.245 e. The third-order valence-electron chi connectivity index (χ3n) is 8.37. The van der Waals surface area contributed by atoms with Crippen LogP contribution < -0.4 is 37.2 Å². The molecule has 7 amide bonds. The molecule has 9 N–H and O–H groups in total. The molecule has 2 rings (SSSR count). The van der Waals surface area contributed by atoms with Gasteiger partial charge in [-0.3, -0.25) is 33.6 Å². The van der Waals surface area contributed by atoms with Crippen molar-refractivity contribution in [1.29, 1.82) is 0 Å². The van der Waals surface area contributed by atoms with E-state index in [9.17, 15) is 43.8 Å². The Labute approximate surface area is 292 Å². The number of amides is 7. The number of hydrogen-bond donors (Lipinski definition) is 9. The number of hydrogen-bond acceptors (Lipinski definition) is 9. The SMILES string of the molecule is CC[C@H](C)[C@@H]1NC(=O)[C@H](CC(C)C)NC(=O)[C@H](Cc2ccccc2)NC(=O)[C@H]([C@@H](C)O)NC(=O)CNC(=O)[C@H]([C@@H](C)O)NC(=O)[C@H](C)NC1=O. The van der Waals surface area contributed by atoms with Crippen molar-refractivity contribution >= 4 is 41.4 Å². The first kappa shape index (κ1) is 41.6. The van der Waals surface area contributed by atoms with E-state index in [0.29, 0.717) is 12.0 Å². The first-order valence-electron chi connectivity index (χ1n) is 16.9. The minimum atomic E-state index is -1.56. The Morgan fingerprint density at radius 2 is 1.16 bits per heavy atom. The van der Waals surface area contributed by atoms with Crippen LogP contribution in [0.1, 0.15) is 66.9 Å². The van der Waals surface area contributed by atoms with Crippen molar-refractivity contribution in [2.24, 2.45) is 11.8 Å². The van der Waals surface area contributed by atoms with Crippen LogP contribution >= 0.6 is 0 Å². The Hall–Kier alpha value is -4.57. The maximum atomic E-state index is 13.8. The molecule has 9 atom stereocenters. The third-order valence-corrected chi connectivity index (χ3v) is 8.37. The van der Waals surface area contributed by atoms with E-state index in [2.05, 4.69) is 37.2 Å². The summed E-state index contributed by atoms with van der Waals surface area (Å²) in [6, 6.07) is 0.922. The zero-order chi connectivity index (χ0) is 37.7. The van der Waals surface area contributed by atoms with E-state index < -0.39 is 102 Å². The van der Waals surface area contributed by atoms with Crippen LogP contribution in [-0.2, 0) is 40.0 Å². The number of nitrogens with one attached hydrogen (secondary N) is 7. The number of rotatable bonds is 8. The highest BCUT2D eigenvalue weighted by molar-refractivity contribution is 5.98. The number of aliphatic hydroxyl groups is 2. The van der Waals surface area contributed by atoms with Crippen molar-refractivity contribution in [1.82, 2.24) is 37.2 Å². The lowest BCUT2D eigenvalue weighted by molar-refractivity contribution is -0.136. The van der Waals surface area contributed by atoms with Crippen LogP contribution in [0.4, 0.5) is 0 Å². The summed E-state index contributed by atoms with van der Waals surface area (Å²) in [5.41, 5.74) is 0.669. The largest absolute Gasteiger partial charge is 0.391 e. The maximum absolute atomic E-state index is 13.8. The lowest BCUT2D eigenvalue weighted by Gasteiger charge is -2.29. The molecule has 1 aliphatic rings. The molecule has 0 unspecified atom stereocenters. The summed E-state index contributed by atoms with van der Waals surface area (Å²) < 4.78 is 0. The minimum absolute atomic E-state index is 0.0114. The van der Waals surface area contributed by atoms with Crippen molar-refractivity contribution < 1.29 is 43.8 Å². The molecule has 0 aliphatic carbocycles. The topological polar surface area (TPSA) is 244 Å². The molecule has 16 heteroatoms. The quantitative estimate of drug-likeness (QED) is 0.147. The first-order chi connectivity index (χ1) is 23.4. The molecule has 0 bridgehead atoms. The van der Waals surface area contributed by atoms with Crippen LogP contribution in [0.25, 0.3) is 0 Å². The molecular weight excluding hydrogens is 650 g/mol. The summed E-state index contributed by atoms with van der Waals surface area (Å²) >= 11 is 0. The number of aliphatic hydroxyl groups excluding tert-OH is 2. The van der Waals surface area contributed by atoms with Gasteiger partial charge in [0, 0.05) is 6.42 Å². The second kappa shape index (κ2) is 19.6. The van der Waals surface area contributed by atoms with Gasteiger partial charge in [-0.1, -0.05) is 64.4 Å². The Morgan fingerprint density at radius 1 is 0.640 bits per heavy atom. The molecule has 1 saturated heterocycles. The van der Waals surface area contributed by atoms with Crippen molar-refractivity contribution in [2.75, 3.05) is 6.54 Å². The highest BCUT2D eigenvalue weighted by Crippen LogP contribution is 2.13. The van der Waals surface area contributed by atoms with Crippen LogP contribution in [0.5, 0.6) is 0 Å². The molecule has 1 aromatic rings. The molecule has 1 fully saturated rings. The molecular formula is C34H53N7O9. The first-order valence-corrected chi connectivity index (χ1v) is 16.9. The molecule has 16 nitrogen and oxygen atoms in total. The van der Waals surface area contributed by atoms with Crippen molar-refractivity contribution in [3.63, 3.8) is 0 Å². The lowest BCUT2D eigenvalue weighted by Crippen LogP contribution is -2.61. The summed E-state index contributed by atoms with van der Waals surface area (Å²) in [7, 11) is 0. The number of benzene rings is 1. The zero-order valence-corrected chi connectivity index (χ0v) is 29.7. The van der Waals surface area contributed by atoms with Gasteiger partial charge in [0.2, 0.25) is 41.4 Å². The Kier molecular flexibility index (Phi) is 16.3. The standard InChI is InChI=1S/C34H53N7O9/c1-8-18(4)26-33(49)36-19(5)29(45)41-27(20(6)42)32(48)35-16-25(44)39-28(21(7)43)34(50)38-24(15-22-12-10-9-11-13-22)30(46)37-23(14-17(2)3)31(47)40-26/h9-13,17-21,23-24,26-28,42-43H,8,14-16H2,1-7H3,(H,35,48)(H,36,49)(H,37,46)(H,38,50)(H,39,44)(H,40,47)(H,41,45)/t18-,19-,20+,21+,23-,24-,26-,27-,28-/m0/s1. The van der Waals surface area contributed by atoms with E-state index in [1.807, 2.05) is 20.8 Å². The molecule has 1 aromatic carbocycles. The summed E-state index contributed by atoms with van der Waals surface area (Å²) in [6.07, 6.45) is -2.23. The molecule has 278 valence electrons. The van der Waals surface area contributed by atoms with E-state index in [4.69, 9.17) is 0 Å². The second-order valence-electron chi connectivity index (χ2n) is 13.3. The molecule has 0 saturated carbocycles. The molecule has 0 spiro atoms. The third kappa shape index (κ3) is 12.7. The highest BCUT2D eigenvalue weighted by Gasteiger charge is 2.36.